The highest BCUT2D eigenvalue weighted by molar-refractivity contribution is 5.89. The van der Waals surface area contributed by atoms with Crippen molar-refractivity contribution >= 4 is 11.9 Å². The normalized spacial score (nSPS) is 14.1. The number of hydrogen-bond donors (Lipinski definition) is 3. The Kier molecular flexibility index (Phi) is 5.87. The van der Waals surface area contributed by atoms with Crippen LogP contribution >= 0.6 is 0 Å². The van der Waals surface area contributed by atoms with Gasteiger partial charge in [0.1, 0.15) is 11.6 Å². The third kappa shape index (κ3) is 5.93. The molecule has 0 saturated heterocycles. The second-order valence-electron chi connectivity index (χ2n) is 5.71. The van der Waals surface area contributed by atoms with Gasteiger partial charge in [0, 0.05) is 6.54 Å². The molecule has 1 amide bonds. The van der Waals surface area contributed by atoms with E-state index in [4.69, 9.17) is 10.5 Å². The Bertz CT molecular complexity index is 482. The van der Waals surface area contributed by atoms with Crippen LogP contribution in [0.3, 0.4) is 0 Å². The summed E-state index contributed by atoms with van der Waals surface area (Å²) in [7, 11) is 0. The lowest BCUT2D eigenvalue weighted by atomic mass is 10.1. The van der Waals surface area contributed by atoms with Gasteiger partial charge in [-0.05, 0) is 26.3 Å². The van der Waals surface area contributed by atoms with Crippen molar-refractivity contribution in [2.45, 2.75) is 45.1 Å². The molecule has 116 valence electrons. The fraction of sp³-hybridized carbons (Fsp3) is 0.467. The molecule has 1 aromatic carbocycles. The van der Waals surface area contributed by atoms with Gasteiger partial charge in [-0.15, -0.1) is 0 Å². The number of ether oxygens (including phenoxy) is 1. The Morgan fingerprint density at radius 3 is 2.38 bits per heavy atom. The molecule has 0 fully saturated rings. The van der Waals surface area contributed by atoms with Crippen LogP contribution in [0.15, 0.2) is 30.3 Å². The molecule has 0 heterocycles. The van der Waals surface area contributed by atoms with Crippen LogP contribution in [0.25, 0.3) is 0 Å². The Morgan fingerprint density at radius 2 is 1.86 bits per heavy atom. The summed E-state index contributed by atoms with van der Waals surface area (Å²) in [6.07, 6.45) is -1.69. The molecule has 0 saturated carbocycles. The number of carbonyl (C=O) groups excluding carboxylic acids is 2. The minimum Gasteiger partial charge on any atom is -0.458 e. The fourth-order valence-corrected chi connectivity index (χ4v) is 1.56. The van der Waals surface area contributed by atoms with E-state index in [0.29, 0.717) is 0 Å². The number of carbonyl (C=O) groups is 2. The molecule has 0 aliphatic carbocycles. The quantitative estimate of drug-likeness (QED) is 0.679. The molecule has 0 spiro atoms. The van der Waals surface area contributed by atoms with Crippen molar-refractivity contribution in [2.24, 2.45) is 5.73 Å². The molecule has 1 rings (SSSR count). The van der Waals surface area contributed by atoms with Crippen molar-refractivity contribution < 1.29 is 19.4 Å². The summed E-state index contributed by atoms with van der Waals surface area (Å²) in [6, 6.07) is 7.87. The Balaban J connectivity index is 2.51. The highest BCUT2D eigenvalue weighted by Crippen LogP contribution is 2.09. The van der Waals surface area contributed by atoms with Crippen molar-refractivity contribution in [3.63, 3.8) is 0 Å². The van der Waals surface area contributed by atoms with Crippen LogP contribution in [0.5, 0.6) is 0 Å². The molecule has 2 atom stereocenters. The van der Waals surface area contributed by atoms with Crippen LogP contribution in [0.1, 0.15) is 26.3 Å². The summed E-state index contributed by atoms with van der Waals surface area (Å²) >= 11 is 0. The molecule has 0 aliphatic rings. The van der Waals surface area contributed by atoms with E-state index in [1.807, 2.05) is 30.3 Å². The lowest BCUT2D eigenvalue weighted by Crippen LogP contribution is -2.52. The summed E-state index contributed by atoms with van der Waals surface area (Å²) < 4.78 is 4.98. The minimum atomic E-state index is -1.69. The monoisotopic (exact) mass is 294 g/mol. The van der Waals surface area contributed by atoms with Crippen LogP contribution < -0.4 is 11.1 Å². The first-order valence-electron chi connectivity index (χ1n) is 6.69. The van der Waals surface area contributed by atoms with Gasteiger partial charge in [-0.25, -0.2) is 4.79 Å². The Morgan fingerprint density at radius 1 is 1.29 bits per heavy atom. The van der Waals surface area contributed by atoms with E-state index in [2.05, 4.69) is 5.32 Å². The summed E-state index contributed by atoms with van der Waals surface area (Å²) in [5, 5.41) is 12.3. The van der Waals surface area contributed by atoms with E-state index in [1.54, 1.807) is 20.8 Å². The topological polar surface area (TPSA) is 102 Å². The third-order valence-corrected chi connectivity index (χ3v) is 2.60. The molecule has 4 N–H and O–H groups in total. The van der Waals surface area contributed by atoms with Crippen LogP contribution in [0.2, 0.25) is 0 Å². The van der Waals surface area contributed by atoms with Crippen molar-refractivity contribution in [1.82, 2.24) is 5.32 Å². The highest BCUT2D eigenvalue weighted by Gasteiger charge is 2.32. The van der Waals surface area contributed by atoms with Crippen molar-refractivity contribution in [3.8, 4) is 0 Å². The number of nitrogens with two attached hydrogens (primary N) is 1. The van der Waals surface area contributed by atoms with Crippen LogP contribution in [0.4, 0.5) is 0 Å². The second-order valence-corrected chi connectivity index (χ2v) is 5.71. The lowest BCUT2D eigenvalue weighted by molar-refractivity contribution is -0.167. The van der Waals surface area contributed by atoms with Gasteiger partial charge in [0.2, 0.25) is 5.91 Å². The number of esters is 1. The zero-order valence-corrected chi connectivity index (χ0v) is 12.5. The molecule has 0 radical (unpaired) electrons. The molecule has 2 unspecified atom stereocenters. The molecule has 6 nitrogen and oxygen atoms in total. The molecule has 0 aliphatic heterocycles. The van der Waals surface area contributed by atoms with Gasteiger partial charge in [-0.1, -0.05) is 30.3 Å². The maximum atomic E-state index is 11.8. The maximum Gasteiger partial charge on any atom is 0.337 e. The van der Waals surface area contributed by atoms with E-state index < -0.39 is 29.6 Å². The zero-order chi connectivity index (χ0) is 16.0. The largest absolute Gasteiger partial charge is 0.458 e. The lowest BCUT2D eigenvalue weighted by Gasteiger charge is -2.23. The summed E-state index contributed by atoms with van der Waals surface area (Å²) in [4.78, 5) is 23.5. The van der Waals surface area contributed by atoms with Gasteiger partial charge in [0.25, 0.3) is 0 Å². The smallest absolute Gasteiger partial charge is 0.337 e. The van der Waals surface area contributed by atoms with E-state index in [-0.39, 0.29) is 6.54 Å². The highest BCUT2D eigenvalue weighted by atomic mass is 16.6. The average Bonchev–Trinajstić information content (AvgIpc) is 2.42. The number of hydrogen-bond acceptors (Lipinski definition) is 5. The van der Waals surface area contributed by atoms with E-state index in [9.17, 15) is 14.7 Å². The summed E-state index contributed by atoms with van der Waals surface area (Å²) in [5.74, 6) is -1.53. The Labute approximate surface area is 124 Å². The number of nitrogens with one attached hydrogen (secondary N) is 1. The molecular weight excluding hydrogens is 272 g/mol. The first-order chi connectivity index (χ1) is 9.70. The molecule has 6 heteroatoms. The predicted molar refractivity (Wildman–Crippen MR) is 78.1 cm³/mol. The average molecular weight is 294 g/mol. The standard InChI is InChI=1S/C15H22N2O4/c1-15(2,3)21-14(20)12(18)11(16)13(19)17-9-10-7-5-4-6-8-10/h4-8,11-12,18H,9,16H2,1-3H3,(H,17,19). The number of amides is 1. The van der Waals surface area contributed by atoms with E-state index >= 15 is 0 Å². The van der Waals surface area contributed by atoms with E-state index in [1.165, 1.54) is 0 Å². The predicted octanol–water partition coefficient (Wildman–Crippen LogP) is 0.333. The van der Waals surface area contributed by atoms with Gasteiger partial charge < -0.3 is 20.9 Å². The summed E-state index contributed by atoms with van der Waals surface area (Å²) in [5.41, 5.74) is 5.72. The molecule has 1 aromatic rings. The molecule has 0 bridgehead atoms. The summed E-state index contributed by atoms with van der Waals surface area (Å²) in [6.45, 7) is 5.27. The van der Waals surface area contributed by atoms with Gasteiger partial charge in [0.15, 0.2) is 6.10 Å². The first-order valence-corrected chi connectivity index (χ1v) is 6.69. The maximum absolute atomic E-state index is 11.8. The molecule has 21 heavy (non-hydrogen) atoms. The van der Waals surface area contributed by atoms with Gasteiger partial charge in [-0.3, -0.25) is 4.79 Å². The number of aliphatic hydroxyl groups is 1. The van der Waals surface area contributed by atoms with Crippen molar-refractivity contribution in [1.29, 1.82) is 0 Å². The molecular formula is C15H22N2O4. The SMILES string of the molecule is CC(C)(C)OC(=O)C(O)C(N)C(=O)NCc1ccccc1. The van der Waals surface area contributed by atoms with E-state index in [0.717, 1.165) is 5.56 Å². The van der Waals surface area contributed by atoms with Crippen molar-refractivity contribution in [2.75, 3.05) is 0 Å². The van der Waals surface area contributed by atoms with Crippen LogP contribution in [0, 0.1) is 0 Å². The minimum absolute atomic E-state index is 0.272. The van der Waals surface area contributed by atoms with Gasteiger partial charge in [0.05, 0.1) is 0 Å². The third-order valence-electron chi connectivity index (χ3n) is 2.60. The number of rotatable bonds is 5. The second kappa shape index (κ2) is 7.19. The van der Waals surface area contributed by atoms with Gasteiger partial charge >= 0.3 is 5.97 Å². The fourth-order valence-electron chi connectivity index (χ4n) is 1.56. The zero-order valence-electron chi connectivity index (χ0n) is 12.5. The molecule has 0 aromatic heterocycles. The van der Waals surface area contributed by atoms with Crippen LogP contribution in [-0.2, 0) is 20.9 Å². The Hall–Kier alpha value is -1.92. The number of aliphatic hydroxyl groups excluding tert-OH is 1. The van der Waals surface area contributed by atoms with Crippen LogP contribution in [-0.4, -0.2) is 34.7 Å². The van der Waals surface area contributed by atoms with Gasteiger partial charge in [-0.2, -0.15) is 0 Å². The first kappa shape index (κ1) is 17.1. The number of benzene rings is 1. The van der Waals surface area contributed by atoms with Crippen molar-refractivity contribution in [3.05, 3.63) is 35.9 Å².